The van der Waals surface area contributed by atoms with Crippen LogP contribution in [0.5, 0.6) is 17.2 Å². The summed E-state index contributed by atoms with van der Waals surface area (Å²) < 4.78 is 17.0. The van der Waals surface area contributed by atoms with E-state index in [9.17, 15) is 4.79 Å². The molecular formula is C33H48O4. The quantitative estimate of drug-likeness (QED) is 0.0772. The molecule has 0 radical (unpaired) electrons. The maximum absolute atomic E-state index is 12.5. The first-order chi connectivity index (χ1) is 18.1. The summed E-state index contributed by atoms with van der Waals surface area (Å²) in [6.07, 6.45) is 20.1. The van der Waals surface area contributed by atoms with Gasteiger partial charge in [-0.2, -0.15) is 0 Å². The molecule has 2 rings (SSSR count). The van der Waals surface area contributed by atoms with Crippen LogP contribution < -0.4 is 14.2 Å². The van der Waals surface area contributed by atoms with Crippen molar-refractivity contribution in [1.82, 2.24) is 0 Å². The van der Waals surface area contributed by atoms with Crippen LogP contribution in [0.4, 0.5) is 0 Å². The Morgan fingerprint density at radius 3 is 2.08 bits per heavy atom. The van der Waals surface area contributed by atoms with Crippen LogP contribution in [0.15, 0.2) is 60.9 Å². The van der Waals surface area contributed by atoms with E-state index in [1.165, 1.54) is 70.6 Å². The van der Waals surface area contributed by atoms with Gasteiger partial charge in [-0.25, -0.2) is 4.79 Å². The molecule has 0 amide bonds. The molecule has 0 saturated carbocycles. The molecule has 4 nitrogen and oxygen atoms in total. The highest BCUT2D eigenvalue weighted by Crippen LogP contribution is 2.20. The molecule has 1 unspecified atom stereocenters. The Kier molecular flexibility index (Phi) is 16.0. The highest BCUT2D eigenvalue weighted by molar-refractivity contribution is 5.91. The smallest absolute Gasteiger partial charge is 0.343 e. The molecule has 204 valence electrons. The second-order valence-electron chi connectivity index (χ2n) is 10.00. The van der Waals surface area contributed by atoms with Gasteiger partial charge in [0, 0.05) is 0 Å². The Balaban J connectivity index is 1.62. The topological polar surface area (TPSA) is 44.8 Å². The van der Waals surface area contributed by atoms with E-state index in [1.807, 2.05) is 12.1 Å². The van der Waals surface area contributed by atoms with Gasteiger partial charge < -0.3 is 14.2 Å². The number of carbonyl (C=O) groups is 1. The fourth-order valence-corrected chi connectivity index (χ4v) is 4.02. The van der Waals surface area contributed by atoms with Crippen LogP contribution in [0.25, 0.3) is 0 Å². The Labute approximate surface area is 225 Å². The third-order valence-electron chi connectivity index (χ3n) is 6.71. The number of esters is 1. The molecule has 0 N–H and O–H groups in total. The fourth-order valence-electron chi connectivity index (χ4n) is 4.02. The van der Waals surface area contributed by atoms with E-state index in [-0.39, 0.29) is 5.97 Å². The molecule has 0 fully saturated rings. The van der Waals surface area contributed by atoms with E-state index in [1.54, 1.807) is 42.7 Å². The third-order valence-corrected chi connectivity index (χ3v) is 6.71. The first kappa shape index (κ1) is 30.5. The Bertz CT molecular complexity index is 870. The molecule has 0 aliphatic heterocycles. The van der Waals surface area contributed by atoms with Crippen LogP contribution in [-0.4, -0.2) is 12.6 Å². The summed E-state index contributed by atoms with van der Waals surface area (Å²) in [6.45, 7) is 7.51. The van der Waals surface area contributed by atoms with Gasteiger partial charge in [0.05, 0.1) is 18.4 Å². The molecule has 1 atom stereocenters. The predicted molar refractivity (Wildman–Crippen MR) is 154 cm³/mol. The van der Waals surface area contributed by atoms with Gasteiger partial charge in [-0.15, -0.1) is 0 Å². The molecule has 0 spiro atoms. The van der Waals surface area contributed by atoms with Gasteiger partial charge >= 0.3 is 5.97 Å². The van der Waals surface area contributed by atoms with Crippen LogP contribution in [0.3, 0.4) is 0 Å². The van der Waals surface area contributed by atoms with Crippen LogP contribution >= 0.6 is 0 Å². The summed E-state index contributed by atoms with van der Waals surface area (Å²) in [5.74, 6) is 2.41. The summed E-state index contributed by atoms with van der Waals surface area (Å²) in [5, 5.41) is 0. The lowest BCUT2D eigenvalue weighted by molar-refractivity contribution is 0.0734. The molecule has 37 heavy (non-hydrogen) atoms. The van der Waals surface area contributed by atoms with E-state index >= 15 is 0 Å². The predicted octanol–water partition coefficient (Wildman–Crippen LogP) is 9.92. The molecule has 2 aromatic rings. The van der Waals surface area contributed by atoms with Crippen LogP contribution in [0, 0.1) is 5.92 Å². The van der Waals surface area contributed by atoms with Crippen molar-refractivity contribution in [3.05, 3.63) is 66.4 Å². The minimum atomic E-state index is -0.389. The lowest BCUT2D eigenvalue weighted by Crippen LogP contribution is -2.08. The normalized spacial score (nSPS) is 12.0. The van der Waals surface area contributed by atoms with Crippen LogP contribution in [0.1, 0.15) is 115 Å². The second-order valence-corrected chi connectivity index (χ2v) is 10.00. The van der Waals surface area contributed by atoms with Crippen LogP contribution in [-0.2, 0) is 0 Å². The molecule has 4 heteroatoms. The number of allylic oxidation sites excluding steroid dienone is 1. The molecule has 0 saturated heterocycles. The van der Waals surface area contributed by atoms with Crippen molar-refractivity contribution in [3.8, 4) is 17.2 Å². The molecule has 0 bridgehead atoms. The molecule has 0 aliphatic carbocycles. The molecular weight excluding hydrogens is 460 g/mol. The summed E-state index contributed by atoms with van der Waals surface area (Å²) >= 11 is 0. The molecule has 0 aliphatic rings. The summed E-state index contributed by atoms with van der Waals surface area (Å²) in [4.78, 5) is 12.5. The van der Waals surface area contributed by atoms with Gasteiger partial charge in [-0.3, -0.25) is 0 Å². The summed E-state index contributed by atoms with van der Waals surface area (Å²) in [6, 6.07) is 14.2. The van der Waals surface area contributed by atoms with Gasteiger partial charge in [0.15, 0.2) is 0 Å². The first-order valence-corrected chi connectivity index (χ1v) is 14.5. The van der Waals surface area contributed by atoms with Gasteiger partial charge in [0.2, 0.25) is 0 Å². The van der Waals surface area contributed by atoms with Gasteiger partial charge in [-0.1, -0.05) is 85.0 Å². The SMILES string of the molecule is CCCCCCCCCC=COc1ccc(OC(=O)c2ccc(OCCCCCC(C)CC)cc2)cc1. The zero-order valence-corrected chi connectivity index (χ0v) is 23.4. The number of ether oxygens (including phenoxy) is 3. The van der Waals surface area contributed by atoms with Gasteiger partial charge in [0.1, 0.15) is 17.2 Å². The zero-order valence-electron chi connectivity index (χ0n) is 23.4. The minimum absolute atomic E-state index is 0.389. The highest BCUT2D eigenvalue weighted by atomic mass is 16.5. The van der Waals surface area contributed by atoms with Crippen molar-refractivity contribution in [3.63, 3.8) is 0 Å². The average Bonchev–Trinajstić information content (AvgIpc) is 2.92. The number of carbonyl (C=O) groups excluding carboxylic acids is 1. The average molecular weight is 509 g/mol. The van der Waals surface area contributed by atoms with Gasteiger partial charge in [-0.05, 0) is 79.8 Å². The Hall–Kier alpha value is -2.75. The fraction of sp³-hybridized carbons (Fsp3) is 0.545. The largest absolute Gasteiger partial charge is 0.494 e. The number of rotatable bonds is 20. The Morgan fingerprint density at radius 2 is 1.38 bits per heavy atom. The van der Waals surface area contributed by atoms with E-state index in [4.69, 9.17) is 14.2 Å². The van der Waals surface area contributed by atoms with Crippen molar-refractivity contribution in [1.29, 1.82) is 0 Å². The summed E-state index contributed by atoms with van der Waals surface area (Å²) in [5.41, 5.74) is 0.495. The highest BCUT2D eigenvalue weighted by Gasteiger charge is 2.09. The zero-order chi connectivity index (χ0) is 26.6. The number of hydrogen-bond acceptors (Lipinski definition) is 4. The van der Waals surface area contributed by atoms with Crippen molar-refractivity contribution < 1.29 is 19.0 Å². The van der Waals surface area contributed by atoms with Crippen molar-refractivity contribution >= 4 is 5.97 Å². The van der Waals surface area contributed by atoms with Gasteiger partial charge in [0.25, 0.3) is 0 Å². The van der Waals surface area contributed by atoms with E-state index in [2.05, 4.69) is 26.8 Å². The minimum Gasteiger partial charge on any atom is -0.494 e. The molecule has 0 heterocycles. The van der Waals surface area contributed by atoms with Crippen LogP contribution in [0.2, 0.25) is 0 Å². The maximum atomic E-state index is 12.5. The van der Waals surface area contributed by atoms with Crippen molar-refractivity contribution in [2.24, 2.45) is 5.92 Å². The van der Waals surface area contributed by atoms with E-state index < -0.39 is 0 Å². The maximum Gasteiger partial charge on any atom is 0.343 e. The van der Waals surface area contributed by atoms with E-state index in [0.717, 1.165) is 30.3 Å². The standard InChI is InChI=1S/C33H48O4/c1-4-6-7-8-9-10-11-12-15-26-36-31-22-24-32(25-23-31)37-33(34)29-18-20-30(21-19-29)35-27-16-13-14-17-28(3)5-2/h15,18-26,28H,4-14,16-17,27H2,1-3H3. The lowest BCUT2D eigenvalue weighted by Gasteiger charge is -2.09. The number of hydrogen-bond donors (Lipinski definition) is 0. The summed E-state index contributed by atoms with van der Waals surface area (Å²) in [7, 11) is 0. The molecule has 2 aromatic carbocycles. The first-order valence-electron chi connectivity index (χ1n) is 14.5. The van der Waals surface area contributed by atoms with Crippen molar-refractivity contribution in [2.45, 2.75) is 104 Å². The third kappa shape index (κ3) is 13.9. The number of unbranched alkanes of at least 4 members (excludes halogenated alkanes) is 9. The monoisotopic (exact) mass is 508 g/mol. The molecule has 0 aromatic heterocycles. The second kappa shape index (κ2) is 19.4. The lowest BCUT2D eigenvalue weighted by atomic mass is 10.0. The number of benzene rings is 2. The van der Waals surface area contributed by atoms with E-state index in [0.29, 0.717) is 17.9 Å². The Morgan fingerprint density at radius 1 is 0.757 bits per heavy atom. The van der Waals surface area contributed by atoms with Crippen molar-refractivity contribution in [2.75, 3.05) is 6.61 Å².